The molecule has 2 nitrogen and oxygen atoms in total. The molecular formula is C11H16N2. The summed E-state index contributed by atoms with van der Waals surface area (Å²) in [5.41, 5.74) is 2.49. The number of hydrogen-bond acceptors (Lipinski definition) is 2. The van der Waals surface area contributed by atoms with Crippen LogP contribution in [0, 0.1) is 0 Å². The van der Waals surface area contributed by atoms with Crippen LogP contribution in [0.5, 0.6) is 0 Å². The topological polar surface area (TPSA) is 15.3 Å². The van der Waals surface area contributed by atoms with Crippen LogP contribution in [0.1, 0.15) is 12.8 Å². The fourth-order valence-electron chi connectivity index (χ4n) is 1.54. The van der Waals surface area contributed by atoms with Gasteiger partial charge in [-0.2, -0.15) is 0 Å². The average molecular weight is 176 g/mol. The Bertz CT molecular complexity index is 275. The molecule has 0 atom stereocenters. The van der Waals surface area contributed by atoms with Crippen LogP contribution in [0.15, 0.2) is 24.3 Å². The average Bonchev–Trinajstić information content (AvgIpc) is 3.00. The van der Waals surface area contributed by atoms with E-state index in [2.05, 4.69) is 41.5 Å². The van der Waals surface area contributed by atoms with Gasteiger partial charge in [-0.3, -0.25) is 0 Å². The molecule has 1 N–H and O–H groups in total. The molecule has 1 aromatic carbocycles. The zero-order valence-corrected chi connectivity index (χ0v) is 8.25. The number of benzene rings is 1. The van der Waals surface area contributed by atoms with Gasteiger partial charge in [0, 0.05) is 31.5 Å². The van der Waals surface area contributed by atoms with Crippen molar-refractivity contribution in [2.24, 2.45) is 0 Å². The first kappa shape index (κ1) is 8.42. The van der Waals surface area contributed by atoms with Gasteiger partial charge in [-0.1, -0.05) is 0 Å². The quantitative estimate of drug-likeness (QED) is 0.760. The van der Waals surface area contributed by atoms with Gasteiger partial charge in [-0.05, 0) is 37.1 Å². The second-order valence-electron chi connectivity index (χ2n) is 3.64. The summed E-state index contributed by atoms with van der Waals surface area (Å²) in [7, 11) is 4.12. The molecule has 0 radical (unpaired) electrons. The molecular weight excluding hydrogens is 160 g/mol. The van der Waals surface area contributed by atoms with Crippen LogP contribution in [-0.4, -0.2) is 20.1 Å². The van der Waals surface area contributed by atoms with Gasteiger partial charge in [-0.25, -0.2) is 0 Å². The smallest absolute Gasteiger partial charge is 0.0367 e. The second-order valence-corrected chi connectivity index (χ2v) is 3.64. The van der Waals surface area contributed by atoms with E-state index >= 15 is 0 Å². The monoisotopic (exact) mass is 176 g/mol. The summed E-state index contributed by atoms with van der Waals surface area (Å²) in [6, 6.07) is 9.37. The second kappa shape index (κ2) is 3.29. The molecule has 70 valence electrons. The van der Waals surface area contributed by atoms with Crippen molar-refractivity contribution in [1.82, 2.24) is 0 Å². The summed E-state index contributed by atoms with van der Waals surface area (Å²) in [6.07, 6.45) is 2.70. The first-order chi connectivity index (χ1) is 6.31. The Balaban J connectivity index is 2.11. The molecule has 1 aromatic rings. The number of rotatable bonds is 3. The van der Waals surface area contributed by atoms with Crippen LogP contribution >= 0.6 is 0 Å². The molecule has 1 aliphatic carbocycles. The lowest BCUT2D eigenvalue weighted by molar-refractivity contribution is 0.917. The van der Waals surface area contributed by atoms with Crippen molar-refractivity contribution in [3.8, 4) is 0 Å². The van der Waals surface area contributed by atoms with Gasteiger partial charge < -0.3 is 10.2 Å². The van der Waals surface area contributed by atoms with Crippen LogP contribution < -0.4 is 10.2 Å². The number of anilines is 2. The molecule has 0 amide bonds. The molecule has 2 heteroatoms. The van der Waals surface area contributed by atoms with E-state index in [1.165, 1.54) is 24.2 Å². The van der Waals surface area contributed by atoms with E-state index in [9.17, 15) is 0 Å². The highest BCUT2D eigenvalue weighted by Gasteiger charge is 2.26. The minimum Gasteiger partial charge on any atom is -0.388 e. The highest BCUT2D eigenvalue weighted by atomic mass is 15.2. The highest BCUT2D eigenvalue weighted by molar-refractivity contribution is 5.55. The van der Waals surface area contributed by atoms with Gasteiger partial charge in [0.05, 0.1) is 0 Å². The lowest BCUT2D eigenvalue weighted by Gasteiger charge is -2.18. The van der Waals surface area contributed by atoms with Crippen LogP contribution in [0.2, 0.25) is 0 Å². The van der Waals surface area contributed by atoms with Gasteiger partial charge in [0.1, 0.15) is 0 Å². The lowest BCUT2D eigenvalue weighted by atomic mass is 10.2. The summed E-state index contributed by atoms with van der Waals surface area (Å²) in [4.78, 5) is 2.36. The van der Waals surface area contributed by atoms with E-state index in [1.54, 1.807) is 0 Å². The highest BCUT2D eigenvalue weighted by Crippen LogP contribution is 2.30. The van der Waals surface area contributed by atoms with Crippen LogP contribution in [0.25, 0.3) is 0 Å². The van der Waals surface area contributed by atoms with Crippen molar-refractivity contribution in [2.45, 2.75) is 18.9 Å². The third-order valence-electron chi connectivity index (χ3n) is 2.66. The van der Waals surface area contributed by atoms with Crippen LogP contribution in [0.4, 0.5) is 11.4 Å². The van der Waals surface area contributed by atoms with E-state index < -0.39 is 0 Å². The maximum absolute atomic E-state index is 3.12. The fourth-order valence-corrected chi connectivity index (χ4v) is 1.54. The predicted molar refractivity (Wildman–Crippen MR) is 57.4 cm³/mol. The van der Waals surface area contributed by atoms with E-state index in [1.807, 2.05) is 7.05 Å². The third-order valence-corrected chi connectivity index (χ3v) is 2.66. The molecule has 0 unspecified atom stereocenters. The fraction of sp³-hybridized carbons (Fsp3) is 0.455. The van der Waals surface area contributed by atoms with Gasteiger partial charge in [0.15, 0.2) is 0 Å². The zero-order valence-electron chi connectivity index (χ0n) is 8.25. The number of hydrogen-bond donors (Lipinski definition) is 1. The molecule has 0 aromatic heterocycles. The van der Waals surface area contributed by atoms with Gasteiger partial charge in [0.2, 0.25) is 0 Å². The standard InChI is InChI=1S/C11H16N2/c1-12-9-3-5-10(6-4-9)13(2)11-7-8-11/h3-6,11-12H,7-8H2,1-2H3. The minimum absolute atomic E-state index is 0.792. The van der Waals surface area contributed by atoms with Gasteiger partial charge >= 0.3 is 0 Å². The molecule has 0 aliphatic heterocycles. The Kier molecular flexibility index (Phi) is 2.13. The first-order valence-corrected chi connectivity index (χ1v) is 4.82. The van der Waals surface area contributed by atoms with E-state index in [0.29, 0.717) is 0 Å². The molecule has 2 rings (SSSR count). The first-order valence-electron chi connectivity index (χ1n) is 4.82. The normalized spacial score (nSPS) is 15.5. The van der Waals surface area contributed by atoms with E-state index in [4.69, 9.17) is 0 Å². The van der Waals surface area contributed by atoms with E-state index in [0.717, 1.165) is 6.04 Å². The summed E-state index contributed by atoms with van der Waals surface area (Å²) in [5, 5.41) is 3.12. The van der Waals surface area contributed by atoms with Crippen molar-refractivity contribution in [3.05, 3.63) is 24.3 Å². The third kappa shape index (κ3) is 1.77. The Labute approximate surface area is 79.6 Å². The Morgan fingerprint density at radius 2 is 1.85 bits per heavy atom. The number of nitrogens with one attached hydrogen (secondary N) is 1. The molecule has 0 saturated heterocycles. The van der Waals surface area contributed by atoms with Gasteiger partial charge in [-0.15, -0.1) is 0 Å². The Morgan fingerprint density at radius 3 is 2.31 bits per heavy atom. The predicted octanol–water partition coefficient (Wildman–Crippen LogP) is 2.33. The van der Waals surface area contributed by atoms with Crippen molar-refractivity contribution in [2.75, 3.05) is 24.3 Å². The maximum Gasteiger partial charge on any atom is 0.0367 e. The Hall–Kier alpha value is -1.18. The SMILES string of the molecule is CNc1ccc(N(C)C2CC2)cc1. The molecule has 1 saturated carbocycles. The van der Waals surface area contributed by atoms with Crippen molar-refractivity contribution >= 4 is 11.4 Å². The molecule has 0 bridgehead atoms. The van der Waals surface area contributed by atoms with E-state index in [-0.39, 0.29) is 0 Å². The number of nitrogens with zero attached hydrogens (tertiary/aromatic N) is 1. The van der Waals surface area contributed by atoms with Crippen LogP contribution in [-0.2, 0) is 0 Å². The zero-order chi connectivity index (χ0) is 9.26. The summed E-state index contributed by atoms with van der Waals surface area (Å²) >= 11 is 0. The molecule has 0 heterocycles. The Morgan fingerprint density at radius 1 is 1.23 bits per heavy atom. The molecule has 1 aliphatic rings. The minimum atomic E-state index is 0.792. The van der Waals surface area contributed by atoms with Crippen molar-refractivity contribution in [3.63, 3.8) is 0 Å². The lowest BCUT2D eigenvalue weighted by Crippen LogP contribution is -2.18. The summed E-state index contributed by atoms with van der Waals surface area (Å²) in [6.45, 7) is 0. The maximum atomic E-state index is 3.12. The summed E-state index contributed by atoms with van der Waals surface area (Å²) < 4.78 is 0. The largest absolute Gasteiger partial charge is 0.388 e. The van der Waals surface area contributed by atoms with Crippen molar-refractivity contribution in [1.29, 1.82) is 0 Å². The summed E-state index contributed by atoms with van der Waals surface area (Å²) in [5.74, 6) is 0. The molecule has 13 heavy (non-hydrogen) atoms. The van der Waals surface area contributed by atoms with Crippen molar-refractivity contribution < 1.29 is 0 Å². The molecule has 0 spiro atoms. The molecule has 1 fully saturated rings. The van der Waals surface area contributed by atoms with Crippen LogP contribution in [0.3, 0.4) is 0 Å². The van der Waals surface area contributed by atoms with Gasteiger partial charge in [0.25, 0.3) is 0 Å².